The Balaban J connectivity index is 2.12. The first kappa shape index (κ1) is 12.6. The molecule has 0 aliphatic heterocycles. The smallest absolute Gasteiger partial charge is 0.123 e. The Labute approximate surface area is 110 Å². The van der Waals surface area contributed by atoms with Gasteiger partial charge < -0.3 is 5.32 Å². The van der Waals surface area contributed by atoms with Crippen LogP contribution in [0.3, 0.4) is 0 Å². The van der Waals surface area contributed by atoms with Crippen molar-refractivity contribution in [1.82, 2.24) is 10.3 Å². The highest BCUT2D eigenvalue weighted by molar-refractivity contribution is 7.98. The number of thiazole rings is 1. The molecule has 0 saturated heterocycles. The van der Waals surface area contributed by atoms with Gasteiger partial charge in [-0.2, -0.15) is 0 Å². The van der Waals surface area contributed by atoms with E-state index in [9.17, 15) is 0 Å². The molecule has 4 heteroatoms. The zero-order chi connectivity index (χ0) is 12.1. The molecule has 0 aliphatic rings. The van der Waals surface area contributed by atoms with Gasteiger partial charge in [0.1, 0.15) is 5.01 Å². The molecule has 0 aliphatic carbocycles. The lowest BCUT2D eigenvalue weighted by Gasteiger charge is -1.98. The number of nitrogens with one attached hydrogen (secondary N) is 1. The second-order valence-electron chi connectivity index (χ2n) is 3.73. The van der Waals surface area contributed by atoms with E-state index in [0.29, 0.717) is 0 Å². The highest BCUT2D eigenvalue weighted by Gasteiger charge is 2.04. The molecule has 0 fully saturated rings. The molecular weight excluding hydrogens is 248 g/mol. The summed E-state index contributed by atoms with van der Waals surface area (Å²) in [5, 5.41) is 6.40. The third-order valence-electron chi connectivity index (χ3n) is 2.52. The summed E-state index contributed by atoms with van der Waals surface area (Å²) in [5.41, 5.74) is 2.39. The predicted octanol–water partition coefficient (Wildman–Crippen LogP) is 3.29. The summed E-state index contributed by atoms with van der Waals surface area (Å²) in [4.78, 5) is 5.94. The second-order valence-corrected chi connectivity index (χ2v) is 5.46. The number of hydrogen-bond acceptors (Lipinski definition) is 4. The largest absolute Gasteiger partial charge is 0.319 e. The Morgan fingerprint density at radius 2 is 2.06 bits per heavy atom. The lowest BCUT2D eigenvalue weighted by molar-refractivity contribution is 0.780. The summed E-state index contributed by atoms with van der Waals surface area (Å²) < 4.78 is 0. The third-order valence-corrected chi connectivity index (χ3v) is 4.20. The van der Waals surface area contributed by atoms with Crippen molar-refractivity contribution in [3.05, 3.63) is 35.3 Å². The van der Waals surface area contributed by atoms with Crippen molar-refractivity contribution in [2.24, 2.45) is 0 Å². The van der Waals surface area contributed by atoms with Gasteiger partial charge in [-0.05, 0) is 25.4 Å². The van der Waals surface area contributed by atoms with E-state index >= 15 is 0 Å². The molecule has 2 aromatic rings. The summed E-state index contributed by atoms with van der Waals surface area (Å²) in [7, 11) is 1.97. The minimum Gasteiger partial charge on any atom is -0.319 e. The molecule has 1 aromatic heterocycles. The lowest BCUT2D eigenvalue weighted by Crippen LogP contribution is -2.10. The van der Waals surface area contributed by atoms with Gasteiger partial charge in [0.25, 0.3) is 0 Å². The van der Waals surface area contributed by atoms with Crippen LogP contribution in [0.4, 0.5) is 0 Å². The minimum atomic E-state index is 0.981. The van der Waals surface area contributed by atoms with Crippen molar-refractivity contribution in [2.45, 2.75) is 11.3 Å². The maximum absolute atomic E-state index is 4.65. The van der Waals surface area contributed by atoms with Gasteiger partial charge in [-0.15, -0.1) is 23.1 Å². The maximum atomic E-state index is 4.65. The summed E-state index contributed by atoms with van der Waals surface area (Å²) in [6.07, 6.45) is 3.09. The average molecular weight is 264 g/mol. The molecule has 2 nitrogen and oxygen atoms in total. The number of nitrogens with zero attached hydrogens (tertiary/aromatic N) is 1. The van der Waals surface area contributed by atoms with Crippen LogP contribution >= 0.6 is 23.1 Å². The first-order chi connectivity index (χ1) is 8.33. The lowest BCUT2D eigenvalue weighted by atomic mass is 10.2. The molecule has 2 rings (SSSR count). The van der Waals surface area contributed by atoms with Crippen molar-refractivity contribution in [3.8, 4) is 10.6 Å². The van der Waals surface area contributed by atoms with Crippen LogP contribution < -0.4 is 5.32 Å². The van der Waals surface area contributed by atoms with Gasteiger partial charge in [-0.1, -0.05) is 12.1 Å². The monoisotopic (exact) mass is 264 g/mol. The van der Waals surface area contributed by atoms with Gasteiger partial charge in [-0.25, -0.2) is 4.98 Å². The van der Waals surface area contributed by atoms with Crippen molar-refractivity contribution in [3.63, 3.8) is 0 Å². The molecule has 0 spiro atoms. The normalized spacial score (nSPS) is 10.7. The molecule has 0 saturated carbocycles. The summed E-state index contributed by atoms with van der Waals surface area (Å²) in [5.74, 6) is 0. The first-order valence-electron chi connectivity index (χ1n) is 5.57. The topological polar surface area (TPSA) is 24.9 Å². The Morgan fingerprint density at radius 3 is 2.71 bits per heavy atom. The quantitative estimate of drug-likeness (QED) is 0.839. The van der Waals surface area contributed by atoms with E-state index in [-0.39, 0.29) is 0 Å². The fourth-order valence-electron chi connectivity index (χ4n) is 1.54. The number of rotatable bonds is 5. The zero-order valence-electron chi connectivity index (χ0n) is 10.1. The molecule has 1 N–H and O–H groups in total. The predicted molar refractivity (Wildman–Crippen MR) is 77.0 cm³/mol. The molecule has 0 unspecified atom stereocenters. The standard InChI is InChI=1S/C13H16N2S2/c1-14-8-7-11-9-17-13(15-11)10-3-5-12(16-2)6-4-10/h3-6,9,14H,7-8H2,1-2H3. The van der Waals surface area contributed by atoms with Crippen LogP contribution in [0.1, 0.15) is 5.69 Å². The van der Waals surface area contributed by atoms with E-state index in [0.717, 1.165) is 18.0 Å². The Morgan fingerprint density at radius 1 is 1.29 bits per heavy atom. The van der Waals surface area contributed by atoms with E-state index in [4.69, 9.17) is 0 Å². The van der Waals surface area contributed by atoms with E-state index in [2.05, 4.69) is 46.2 Å². The van der Waals surface area contributed by atoms with Crippen molar-refractivity contribution >= 4 is 23.1 Å². The van der Waals surface area contributed by atoms with Crippen LogP contribution in [0.25, 0.3) is 10.6 Å². The molecular formula is C13H16N2S2. The maximum Gasteiger partial charge on any atom is 0.123 e. The van der Waals surface area contributed by atoms with Gasteiger partial charge in [0, 0.05) is 28.8 Å². The number of benzene rings is 1. The number of hydrogen-bond donors (Lipinski definition) is 1. The summed E-state index contributed by atoms with van der Waals surface area (Å²) in [6.45, 7) is 0.981. The van der Waals surface area contributed by atoms with Crippen molar-refractivity contribution in [1.29, 1.82) is 0 Å². The first-order valence-corrected chi connectivity index (χ1v) is 7.67. The van der Waals surface area contributed by atoms with E-state index < -0.39 is 0 Å². The minimum absolute atomic E-state index is 0.981. The highest BCUT2D eigenvalue weighted by Crippen LogP contribution is 2.26. The zero-order valence-corrected chi connectivity index (χ0v) is 11.7. The molecule has 17 heavy (non-hydrogen) atoms. The molecule has 0 radical (unpaired) electrons. The Bertz CT molecular complexity index is 463. The van der Waals surface area contributed by atoms with E-state index in [1.807, 2.05) is 7.05 Å². The second kappa shape index (κ2) is 6.19. The Kier molecular flexibility index (Phi) is 4.59. The number of aromatic nitrogens is 1. The summed E-state index contributed by atoms with van der Waals surface area (Å²) >= 11 is 3.48. The van der Waals surface area contributed by atoms with Gasteiger partial charge >= 0.3 is 0 Å². The van der Waals surface area contributed by atoms with Gasteiger partial charge in [0.05, 0.1) is 5.69 Å². The van der Waals surface area contributed by atoms with Crippen LogP contribution in [0.15, 0.2) is 34.5 Å². The number of likely N-dealkylation sites (N-methyl/N-ethyl adjacent to an activating group) is 1. The highest BCUT2D eigenvalue weighted by atomic mass is 32.2. The molecule has 0 atom stereocenters. The van der Waals surface area contributed by atoms with Gasteiger partial charge in [-0.3, -0.25) is 0 Å². The third kappa shape index (κ3) is 3.31. The molecule has 0 amide bonds. The molecule has 90 valence electrons. The SMILES string of the molecule is CNCCc1csc(-c2ccc(SC)cc2)n1. The van der Waals surface area contributed by atoms with Crippen LogP contribution in [-0.2, 0) is 6.42 Å². The van der Waals surface area contributed by atoms with Crippen LogP contribution in [0, 0.1) is 0 Å². The fraction of sp³-hybridized carbons (Fsp3) is 0.308. The van der Waals surface area contributed by atoms with Crippen LogP contribution in [0.2, 0.25) is 0 Å². The number of thioether (sulfide) groups is 1. The van der Waals surface area contributed by atoms with Crippen molar-refractivity contribution in [2.75, 3.05) is 19.8 Å². The molecule has 1 heterocycles. The Hall–Kier alpha value is -0.840. The van der Waals surface area contributed by atoms with Crippen LogP contribution in [-0.4, -0.2) is 24.8 Å². The van der Waals surface area contributed by atoms with Gasteiger partial charge in [0.2, 0.25) is 0 Å². The van der Waals surface area contributed by atoms with Gasteiger partial charge in [0.15, 0.2) is 0 Å². The molecule has 0 bridgehead atoms. The fourth-order valence-corrected chi connectivity index (χ4v) is 2.81. The van der Waals surface area contributed by atoms with Crippen molar-refractivity contribution < 1.29 is 0 Å². The van der Waals surface area contributed by atoms with E-state index in [1.165, 1.54) is 16.2 Å². The van der Waals surface area contributed by atoms with Crippen LogP contribution in [0.5, 0.6) is 0 Å². The average Bonchev–Trinajstić information content (AvgIpc) is 2.85. The molecule has 1 aromatic carbocycles. The summed E-state index contributed by atoms with van der Waals surface area (Å²) in [6, 6.07) is 8.59. The van der Waals surface area contributed by atoms with E-state index in [1.54, 1.807) is 23.1 Å².